The molecule has 1 rings (SSSR count). The molecule has 122 valence electrons. The average molecular weight is 319 g/mol. The molecule has 0 spiro atoms. The van der Waals surface area contributed by atoms with Crippen LogP contribution in [0.5, 0.6) is 0 Å². The monoisotopic (exact) mass is 319 g/mol. The number of aryl methyl sites for hydroxylation is 1. The van der Waals surface area contributed by atoms with Crippen LogP contribution in [0.4, 0.5) is 0 Å². The number of imidazole rings is 1. The highest BCUT2D eigenvalue weighted by atomic mass is 32.2. The molecule has 0 aliphatic rings. The summed E-state index contributed by atoms with van der Waals surface area (Å²) in [7, 11) is 1.17. The molecule has 21 heavy (non-hydrogen) atoms. The van der Waals surface area contributed by atoms with Crippen molar-refractivity contribution in [1.82, 2.24) is 14.3 Å². The molecule has 0 fully saturated rings. The lowest BCUT2D eigenvalue weighted by Gasteiger charge is -2.27. The smallest absolute Gasteiger partial charge is 0.259 e. The Morgan fingerprint density at radius 1 is 1.43 bits per heavy atom. The third kappa shape index (κ3) is 4.50. The maximum atomic E-state index is 12.3. The van der Waals surface area contributed by atoms with E-state index in [4.69, 9.17) is 9.47 Å². The van der Waals surface area contributed by atoms with Gasteiger partial charge in [0.1, 0.15) is 11.4 Å². The molecule has 1 heterocycles. The Labute approximate surface area is 126 Å². The Morgan fingerprint density at radius 3 is 2.48 bits per heavy atom. The zero-order valence-corrected chi connectivity index (χ0v) is 14.3. The number of nitrogens with zero attached hydrogens (tertiary/aromatic N) is 2. The van der Waals surface area contributed by atoms with Crippen LogP contribution in [0.25, 0.3) is 0 Å². The van der Waals surface area contributed by atoms with Crippen molar-refractivity contribution in [2.75, 3.05) is 27.4 Å². The summed E-state index contributed by atoms with van der Waals surface area (Å²) in [6.45, 7) is 6.09. The molecule has 0 aromatic carbocycles. The van der Waals surface area contributed by atoms with Gasteiger partial charge in [-0.1, -0.05) is 13.8 Å². The van der Waals surface area contributed by atoms with Gasteiger partial charge in [-0.15, -0.1) is 0 Å². The maximum absolute atomic E-state index is 12.3. The molecular weight excluding hydrogens is 294 g/mol. The summed E-state index contributed by atoms with van der Waals surface area (Å²) in [5.41, 5.74) is -0.725. The van der Waals surface area contributed by atoms with Crippen molar-refractivity contribution in [2.24, 2.45) is 7.05 Å². The van der Waals surface area contributed by atoms with Crippen LogP contribution in [0, 0.1) is 0 Å². The van der Waals surface area contributed by atoms with Crippen LogP contribution in [0.3, 0.4) is 0 Å². The fraction of sp³-hybridized carbons (Fsp3) is 0.769. The second-order valence-corrected chi connectivity index (χ2v) is 7.33. The summed E-state index contributed by atoms with van der Waals surface area (Å²) in [5, 5.41) is 0.0181. The Bertz CT molecular complexity index is 568. The van der Waals surface area contributed by atoms with Gasteiger partial charge in [-0.2, -0.15) is 0 Å². The number of rotatable bonds is 8. The van der Waals surface area contributed by atoms with Crippen LogP contribution < -0.4 is 4.72 Å². The molecule has 0 radical (unpaired) electrons. The van der Waals surface area contributed by atoms with Gasteiger partial charge in [0, 0.05) is 39.9 Å². The van der Waals surface area contributed by atoms with Gasteiger partial charge < -0.3 is 14.0 Å². The fourth-order valence-electron chi connectivity index (χ4n) is 1.93. The van der Waals surface area contributed by atoms with E-state index in [1.165, 1.54) is 13.3 Å². The van der Waals surface area contributed by atoms with Gasteiger partial charge in [0.2, 0.25) is 0 Å². The van der Waals surface area contributed by atoms with Crippen LogP contribution in [0.1, 0.15) is 32.5 Å². The van der Waals surface area contributed by atoms with E-state index in [9.17, 15) is 8.42 Å². The molecule has 7 nitrogen and oxygen atoms in total. The van der Waals surface area contributed by atoms with Crippen LogP contribution in [0.15, 0.2) is 11.2 Å². The summed E-state index contributed by atoms with van der Waals surface area (Å²) < 4.78 is 39.2. The number of ether oxygens (including phenoxy) is 2. The predicted octanol–water partition coefficient (Wildman–Crippen LogP) is 0.873. The van der Waals surface area contributed by atoms with Crippen molar-refractivity contribution < 1.29 is 17.9 Å². The lowest BCUT2D eigenvalue weighted by Crippen LogP contribution is -2.45. The topological polar surface area (TPSA) is 82.5 Å². The standard InChI is InChI=1S/C13H25N3O4S/c1-10(2)12-15-11(7-16(12)4)21(17,18)14-8-13(3,20-6)9-19-5/h7,10,14H,8-9H2,1-6H3/t13-/m1/s1. The number of methoxy groups -OCH3 is 2. The van der Waals surface area contributed by atoms with E-state index in [-0.39, 0.29) is 24.1 Å². The maximum Gasteiger partial charge on any atom is 0.259 e. The van der Waals surface area contributed by atoms with E-state index in [0.29, 0.717) is 0 Å². The van der Waals surface area contributed by atoms with Crippen molar-refractivity contribution in [2.45, 2.75) is 37.3 Å². The molecule has 1 atom stereocenters. The largest absolute Gasteiger partial charge is 0.382 e. The molecule has 8 heteroatoms. The molecule has 0 unspecified atom stereocenters. The Morgan fingerprint density at radius 2 is 2.05 bits per heavy atom. The number of aromatic nitrogens is 2. The summed E-state index contributed by atoms with van der Waals surface area (Å²) in [5.74, 6) is 0.874. The second kappa shape index (κ2) is 6.87. The van der Waals surface area contributed by atoms with Gasteiger partial charge >= 0.3 is 0 Å². The first-order chi connectivity index (χ1) is 9.65. The highest BCUT2D eigenvalue weighted by Gasteiger charge is 2.28. The first kappa shape index (κ1) is 18.1. The highest BCUT2D eigenvalue weighted by Crippen LogP contribution is 2.16. The normalized spacial score (nSPS) is 15.4. The molecule has 0 saturated heterocycles. The summed E-state index contributed by atoms with van der Waals surface area (Å²) in [6, 6.07) is 0. The fourth-order valence-corrected chi connectivity index (χ4v) is 3.08. The molecule has 0 aliphatic heterocycles. The number of hydrogen-bond donors (Lipinski definition) is 1. The van der Waals surface area contributed by atoms with Crippen LogP contribution in [-0.2, 0) is 26.5 Å². The average Bonchev–Trinajstić information content (AvgIpc) is 2.80. The number of hydrogen-bond acceptors (Lipinski definition) is 5. The molecule has 0 aliphatic carbocycles. The second-order valence-electron chi connectivity index (χ2n) is 5.61. The predicted molar refractivity (Wildman–Crippen MR) is 79.8 cm³/mol. The molecule has 1 aromatic rings. The molecule has 0 saturated carbocycles. The van der Waals surface area contributed by atoms with E-state index in [2.05, 4.69) is 9.71 Å². The lowest BCUT2D eigenvalue weighted by molar-refractivity contribution is -0.0460. The lowest BCUT2D eigenvalue weighted by atomic mass is 10.1. The molecule has 1 aromatic heterocycles. The van der Waals surface area contributed by atoms with Crippen molar-refractivity contribution in [3.05, 3.63) is 12.0 Å². The van der Waals surface area contributed by atoms with Gasteiger partial charge in [0.25, 0.3) is 10.0 Å². The zero-order chi connectivity index (χ0) is 16.3. The molecule has 0 amide bonds. The first-order valence-electron chi connectivity index (χ1n) is 6.72. The number of nitrogens with one attached hydrogen (secondary N) is 1. The van der Waals surface area contributed by atoms with Gasteiger partial charge in [-0.3, -0.25) is 0 Å². The van der Waals surface area contributed by atoms with Crippen molar-refractivity contribution in [3.8, 4) is 0 Å². The summed E-state index contributed by atoms with van der Waals surface area (Å²) >= 11 is 0. The van der Waals surface area contributed by atoms with E-state index in [1.807, 2.05) is 13.8 Å². The Kier molecular flexibility index (Phi) is 5.92. The third-order valence-electron chi connectivity index (χ3n) is 3.26. The SMILES string of the molecule is COC[C@@](C)(CNS(=O)(=O)c1cn(C)c(C(C)C)n1)OC. The van der Waals surface area contributed by atoms with Crippen LogP contribution in [0.2, 0.25) is 0 Å². The molecule has 0 bridgehead atoms. The summed E-state index contributed by atoms with van der Waals surface area (Å²) in [4.78, 5) is 4.19. The van der Waals surface area contributed by atoms with Crippen LogP contribution in [-0.4, -0.2) is 50.9 Å². The van der Waals surface area contributed by atoms with Gasteiger partial charge in [-0.25, -0.2) is 18.1 Å². The van der Waals surface area contributed by atoms with E-state index >= 15 is 0 Å². The van der Waals surface area contributed by atoms with Crippen molar-refractivity contribution in [3.63, 3.8) is 0 Å². The van der Waals surface area contributed by atoms with Crippen molar-refractivity contribution in [1.29, 1.82) is 0 Å². The van der Waals surface area contributed by atoms with E-state index < -0.39 is 15.6 Å². The Hall–Kier alpha value is -0.960. The highest BCUT2D eigenvalue weighted by molar-refractivity contribution is 7.89. The minimum atomic E-state index is -3.67. The number of sulfonamides is 1. The van der Waals surface area contributed by atoms with Gasteiger partial charge in [-0.05, 0) is 6.92 Å². The van der Waals surface area contributed by atoms with Crippen LogP contribution >= 0.6 is 0 Å². The quantitative estimate of drug-likeness (QED) is 0.769. The Balaban J connectivity index is 2.89. The van der Waals surface area contributed by atoms with E-state index in [1.54, 1.807) is 25.6 Å². The first-order valence-corrected chi connectivity index (χ1v) is 8.20. The summed E-state index contributed by atoms with van der Waals surface area (Å²) in [6.07, 6.45) is 1.51. The van der Waals surface area contributed by atoms with Gasteiger partial charge in [0.15, 0.2) is 5.03 Å². The molecule has 1 N–H and O–H groups in total. The van der Waals surface area contributed by atoms with E-state index in [0.717, 1.165) is 5.82 Å². The van der Waals surface area contributed by atoms with Crippen molar-refractivity contribution >= 4 is 10.0 Å². The minimum absolute atomic E-state index is 0.0181. The van der Waals surface area contributed by atoms with Gasteiger partial charge in [0.05, 0.1) is 6.61 Å². The molecular formula is C13H25N3O4S. The zero-order valence-electron chi connectivity index (χ0n) is 13.5. The third-order valence-corrected chi connectivity index (χ3v) is 4.53. The minimum Gasteiger partial charge on any atom is -0.382 e.